The molecule has 1 aromatic carbocycles. The van der Waals surface area contributed by atoms with E-state index in [0.29, 0.717) is 6.42 Å². The molecule has 2 amide bonds. The van der Waals surface area contributed by atoms with Gasteiger partial charge in [-0.2, -0.15) is 0 Å². The van der Waals surface area contributed by atoms with Gasteiger partial charge in [-0.05, 0) is 56.1 Å². The normalized spacial score (nSPS) is 25.9. The number of nitrogens with one attached hydrogen (secondary N) is 1. The zero-order valence-electron chi connectivity index (χ0n) is 12.1. The largest absolute Gasteiger partial charge is 0.306 e. The van der Waals surface area contributed by atoms with Gasteiger partial charge in [0.05, 0.1) is 5.92 Å². The maximum absolute atomic E-state index is 13.1. The Bertz CT molecular complexity index is 562. The second-order valence-electron chi connectivity index (χ2n) is 6.24. The number of carbonyl (C=O) groups is 2. The molecule has 21 heavy (non-hydrogen) atoms. The Morgan fingerprint density at radius 3 is 2.43 bits per heavy atom. The number of halogens is 1. The number of piperidine rings is 2. The second kappa shape index (κ2) is 5.22. The predicted molar refractivity (Wildman–Crippen MR) is 76.1 cm³/mol. The summed E-state index contributed by atoms with van der Waals surface area (Å²) >= 11 is 0. The van der Waals surface area contributed by atoms with Gasteiger partial charge in [0.1, 0.15) is 5.82 Å². The van der Waals surface area contributed by atoms with Gasteiger partial charge >= 0.3 is 0 Å². The number of hydrogen-bond donors (Lipinski definition) is 1. The molecule has 1 spiro atoms. The van der Waals surface area contributed by atoms with Crippen LogP contribution in [0.15, 0.2) is 24.3 Å². The first kappa shape index (κ1) is 14.2. The van der Waals surface area contributed by atoms with Gasteiger partial charge in [0.25, 0.3) is 0 Å². The van der Waals surface area contributed by atoms with Crippen LogP contribution >= 0.6 is 0 Å². The van der Waals surface area contributed by atoms with E-state index in [1.54, 1.807) is 12.1 Å². The number of benzene rings is 1. The van der Waals surface area contributed by atoms with Gasteiger partial charge in [0.15, 0.2) is 0 Å². The first-order valence-corrected chi connectivity index (χ1v) is 7.28. The summed E-state index contributed by atoms with van der Waals surface area (Å²) in [5, 5.41) is 2.44. The second-order valence-corrected chi connectivity index (χ2v) is 6.24. The van der Waals surface area contributed by atoms with Crippen molar-refractivity contribution < 1.29 is 14.0 Å². The fourth-order valence-electron chi connectivity index (χ4n) is 3.64. The highest BCUT2D eigenvalue weighted by Gasteiger charge is 2.50. The van der Waals surface area contributed by atoms with Crippen molar-refractivity contribution in [3.8, 4) is 0 Å². The predicted octanol–water partition coefficient (Wildman–Crippen LogP) is 1.67. The lowest BCUT2D eigenvalue weighted by Gasteiger charge is -2.47. The highest BCUT2D eigenvalue weighted by Crippen LogP contribution is 2.49. The first-order chi connectivity index (χ1) is 10.00. The number of carbonyl (C=O) groups excluding carboxylic acids is 2. The van der Waals surface area contributed by atoms with Gasteiger partial charge in [-0.25, -0.2) is 4.39 Å². The van der Waals surface area contributed by atoms with Gasteiger partial charge in [-0.3, -0.25) is 14.9 Å². The maximum atomic E-state index is 13.1. The zero-order chi connectivity index (χ0) is 15.0. The molecule has 1 N–H and O–H groups in total. The minimum absolute atomic E-state index is 0.192. The number of nitrogens with zero attached hydrogens (tertiary/aromatic N) is 1. The van der Waals surface area contributed by atoms with E-state index in [2.05, 4.69) is 10.2 Å². The standard InChI is InChI=1S/C16H19FN2O2/c1-19-8-6-16(7-9-19)10-13(20)18-15(21)14(16)11-2-4-12(17)5-3-11/h2-5,14H,6-10H2,1H3,(H,18,20,21). The smallest absolute Gasteiger partial charge is 0.234 e. The summed E-state index contributed by atoms with van der Waals surface area (Å²) in [5.74, 6) is -1.13. The fraction of sp³-hybridized carbons (Fsp3) is 0.500. The van der Waals surface area contributed by atoms with Crippen molar-refractivity contribution in [2.45, 2.75) is 25.2 Å². The third kappa shape index (κ3) is 2.58. The van der Waals surface area contributed by atoms with Gasteiger partial charge < -0.3 is 4.90 Å². The Hall–Kier alpha value is -1.75. The van der Waals surface area contributed by atoms with Gasteiger partial charge in [-0.1, -0.05) is 12.1 Å². The van der Waals surface area contributed by atoms with Crippen LogP contribution in [0.5, 0.6) is 0 Å². The van der Waals surface area contributed by atoms with Crippen LogP contribution < -0.4 is 5.32 Å². The fourth-order valence-corrected chi connectivity index (χ4v) is 3.64. The Morgan fingerprint density at radius 1 is 1.19 bits per heavy atom. The average Bonchev–Trinajstić information content (AvgIpc) is 2.44. The molecule has 2 aliphatic rings. The lowest BCUT2D eigenvalue weighted by atomic mass is 9.62. The van der Waals surface area contributed by atoms with Gasteiger partial charge in [0.2, 0.25) is 11.8 Å². The molecular weight excluding hydrogens is 271 g/mol. The minimum Gasteiger partial charge on any atom is -0.306 e. The van der Waals surface area contributed by atoms with Crippen LogP contribution in [0.25, 0.3) is 0 Å². The summed E-state index contributed by atoms with van der Waals surface area (Å²) < 4.78 is 13.1. The third-order valence-corrected chi connectivity index (χ3v) is 4.84. The molecule has 0 radical (unpaired) electrons. The molecule has 1 atom stereocenters. The average molecular weight is 290 g/mol. The highest BCUT2D eigenvalue weighted by molar-refractivity contribution is 6.02. The summed E-state index contributed by atoms with van der Waals surface area (Å²) in [4.78, 5) is 26.5. The molecule has 0 bridgehead atoms. The number of hydrogen-bond acceptors (Lipinski definition) is 3. The van der Waals surface area contributed by atoms with Crippen molar-refractivity contribution in [1.29, 1.82) is 0 Å². The Balaban J connectivity index is 1.99. The van der Waals surface area contributed by atoms with E-state index < -0.39 is 0 Å². The molecule has 5 heteroatoms. The van der Waals surface area contributed by atoms with Crippen LogP contribution in [-0.2, 0) is 9.59 Å². The van der Waals surface area contributed by atoms with Crippen molar-refractivity contribution in [2.24, 2.45) is 5.41 Å². The summed E-state index contributed by atoms with van der Waals surface area (Å²) in [7, 11) is 2.05. The Kier molecular flexibility index (Phi) is 3.53. The van der Waals surface area contributed by atoms with Crippen LogP contribution in [0.2, 0.25) is 0 Å². The van der Waals surface area contributed by atoms with Crippen LogP contribution in [0.3, 0.4) is 0 Å². The van der Waals surface area contributed by atoms with Crippen molar-refractivity contribution in [3.05, 3.63) is 35.6 Å². The van der Waals surface area contributed by atoms with E-state index in [9.17, 15) is 14.0 Å². The van der Waals surface area contributed by atoms with Crippen molar-refractivity contribution in [1.82, 2.24) is 10.2 Å². The zero-order valence-corrected chi connectivity index (χ0v) is 12.1. The van der Waals surface area contributed by atoms with E-state index in [4.69, 9.17) is 0 Å². The third-order valence-electron chi connectivity index (χ3n) is 4.84. The summed E-state index contributed by atoms with van der Waals surface area (Å²) in [5.41, 5.74) is 0.468. The maximum Gasteiger partial charge on any atom is 0.234 e. The van der Waals surface area contributed by atoms with E-state index in [1.807, 2.05) is 7.05 Å². The van der Waals surface area contributed by atoms with Crippen molar-refractivity contribution in [3.63, 3.8) is 0 Å². The Labute approximate surface area is 123 Å². The molecule has 0 aliphatic carbocycles. The molecule has 3 rings (SSSR count). The molecule has 2 aliphatic heterocycles. The molecule has 4 nitrogen and oxygen atoms in total. The molecule has 2 saturated heterocycles. The van der Waals surface area contributed by atoms with E-state index in [1.165, 1.54) is 12.1 Å². The number of rotatable bonds is 1. The van der Waals surface area contributed by atoms with Crippen molar-refractivity contribution in [2.75, 3.05) is 20.1 Å². The highest BCUT2D eigenvalue weighted by atomic mass is 19.1. The van der Waals surface area contributed by atoms with Crippen LogP contribution in [0, 0.1) is 11.2 Å². The minimum atomic E-state index is -0.371. The monoisotopic (exact) mass is 290 g/mol. The first-order valence-electron chi connectivity index (χ1n) is 7.28. The molecule has 1 aromatic rings. The summed E-state index contributed by atoms with van der Waals surface area (Å²) in [6, 6.07) is 6.08. The number of likely N-dealkylation sites (tertiary alicyclic amines) is 1. The van der Waals surface area contributed by atoms with Crippen molar-refractivity contribution >= 4 is 11.8 Å². The quantitative estimate of drug-likeness (QED) is 0.800. The lowest BCUT2D eigenvalue weighted by Crippen LogP contribution is -2.54. The summed E-state index contributed by atoms with van der Waals surface area (Å²) in [6.07, 6.45) is 1.99. The van der Waals surface area contributed by atoms with E-state index >= 15 is 0 Å². The molecule has 112 valence electrons. The number of imide groups is 1. The molecule has 2 fully saturated rings. The molecule has 1 unspecified atom stereocenters. The molecular formula is C16H19FN2O2. The van der Waals surface area contributed by atoms with Gasteiger partial charge in [0, 0.05) is 6.42 Å². The summed E-state index contributed by atoms with van der Waals surface area (Å²) in [6.45, 7) is 1.75. The molecule has 2 heterocycles. The number of amides is 2. The SMILES string of the molecule is CN1CCC2(CC1)CC(=O)NC(=O)C2c1ccc(F)cc1. The van der Waals surface area contributed by atoms with Crippen LogP contribution in [0.4, 0.5) is 4.39 Å². The topological polar surface area (TPSA) is 49.4 Å². The molecule has 0 saturated carbocycles. The van der Waals surface area contributed by atoms with Crippen LogP contribution in [-0.4, -0.2) is 36.9 Å². The molecule has 0 aromatic heterocycles. The lowest BCUT2D eigenvalue weighted by molar-refractivity contribution is -0.141. The van der Waals surface area contributed by atoms with E-state index in [-0.39, 0.29) is 29.0 Å². The van der Waals surface area contributed by atoms with Crippen LogP contribution in [0.1, 0.15) is 30.7 Å². The van der Waals surface area contributed by atoms with Gasteiger partial charge in [-0.15, -0.1) is 0 Å². The Morgan fingerprint density at radius 2 is 1.81 bits per heavy atom. The van der Waals surface area contributed by atoms with E-state index in [0.717, 1.165) is 31.5 Å².